The van der Waals surface area contributed by atoms with E-state index in [9.17, 15) is 0 Å². The Balaban J connectivity index is 5.38. The van der Waals surface area contributed by atoms with Crippen LogP contribution < -0.4 is 0 Å². The van der Waals surface area contributed by atoms with E-state index in [1.807, 2.05) is 0 Å². The van der Waals surface area contributed by atoms with E-state index in [2.05, 4.69) is 69.2 Å². The third-order valence-corrected chi connectivity index (χ3v) is 11.5. The average Bonchev–Trinajstić information content (AvgIpc) is 2.97. The summed E-state index contributed by atoms with van der Waals surface area (Å²) in [6.45, 7) is 24.7. The first-order valence-electron chi connectivity index (χ1n) is 20.2. The lowest BCUT2D eigenvalue weighted by atomic mass is 9.72. The first-order chi connectivity index (χ1) is 20.2. The Morgan fingerprint density at radius 1 is 0.333 bits per heavy atom. The molecule has 0 heterocycles. The molecule has 0 aromatic carbocycles. The summed E-state index contributed by atoms with van der Waals surface area (Å²) in [4.78, 5) is 0. The van der Waals surface area contributed by atoms with Crippen molar-refractivity contribution in [3.05, 3.63) is 0 Å². The van der Waals surface area contributed by atoms with E-state index in [4.69, 9.17) is 0 Å². The van der Waals surface area contributed by atoms with Crippen molar-refractivity contribution >= 4 is 0 Å². The molecule has 0 saturated heterocycles. The Labute approximate surface area is 270 Å². The van der Waals surface area contributed by atoms with Crippen molar-refractivity contribution in [1.29, 1.82) is 0 Å². The molecule has 0 spiro atoms. The molecule has 0 aromatic rings. The fourth-order valence-electron chi connectivity index (χ4n) is 8.14. The van der Waals surface area contributed by atoms with E-state index >= 15 is 0 Å². The summed E-state index contributed by atoms with van der Waals surface area (Å²) in [5.74, 6) is 7.37. The summed E-state index contributed by atoms with van der Waals surface area (Å²) in [6, 6.07) is 0. The molecule has 0 radical (unpaired) electrons. The van der Waals surface area contributed by atoms with Gasteiger partial charge < -0.3 is 0 Å². The van der Waals surface area contributed by atoms with E-state index in [1.165, 1.54) is 154 Å². The highest BCUT2D eigenvalue weighted by Gasteiger charge is 2.27. The lowest BCUT2D eigenvalue weighted by molar-refractivity contribution is 0.168. The van der Waals surface area contributed by atoms with Gasteiger partial charge in [0.15, 0.2) is 0 Å². The molecule has 0 heteroatoms. The van der Waals surface area contributed by atoms with E-state index in [0.29, 0.717) is 0 Å². The smallest absolute Gasteiger partial charge is 0.0363 e. The fraction of sp³-hybridized carbons (Fsp3) is 1.00. The minimum Gasteiger partial charge on any atom is -0.0654 e. The zero-order valence-electron chi connectivity index (χ0n) is 31.6. The van der Waals surface area contributed by atoms with Crippen molar-refractivity contribution in [3.8, 4) is 0 Å². The van der Waals surface area contributed by atoms with Gasteiger partial charge in [-0.3, -0.25) is 0 Å². The number of rotatable bonds is 31. The highest BCUT2D eigenvalue weighted by molar-refractivity contribution is 4.78. The van der Waals surface area contributed by atoms with Crippen molar-refractivity contribution in [2.75, 3.05) is 0 Å². The van der Waals surface area contributed by atoms with E-state index in [0.717, 1.165) is 47.3 Å². The van der Waals surface area contributed by atoms with Crippen molar-refractivity contribution in [2.24, 2.45) is 47.3 Å². The van der Waals surface area contributed by atoms with Crippen molar-refractivity contribution in [3.63, 3.8) is 0 Å². The van der Waals surface area contributed by atoms with Gasteiger partial charge in [-0.2, -0.15) is 0 Å². The fourth-order valence-corrected chi connectivity index (χ4v) is 8.14. The summed E-state index contributed by atoms with van der Waals surface area (Å²) < 4.78 is 0. The molecular weight excluding hydrogens is 504 g/mol. The first kappa shape index (κ1) is 42.0. The summed E-state index contributed by atoms with van der Waals surface area (Å²) in [7, 11) is 0. The average molecular weight is 591 g/mol. The van der Waals surface area contributed by atoms with Crippen LogP contribution in [0.25, 0.3) is 0 Å². The van der Waals surface area contributed by atoms with E-state index in [-0.39, 0.29) is 0 Å². The summed E-state index contributed by atoms with van der Waals surface area (Å²) >= 11 is 0. The van der Waals surface area contributed by atoms with Gasteiger partial charge in [-0.25, -0.2) is 0 Å². The molecular formula is C42H86. The van der Waals surface area contributed by atoms with Crippen LogP contribution in [0.1, 0.15) is 223 Å². The first-order valence-corrected chi connectivity index (χ1v) is 20.2. The molecule has 42 heavy (non-hydrogen) atoms. The third-order valence-electron chi connectivity index (χ3n) is 11.5. The SMILES string of the molecule is CCCCCCC(CC)CCC(C)C(CCC(CCCC)C(C)CCCC)C(C)CCC(CCC)CCCCC(C)C. The largest absolute Gasteiger partial charge is 0.0654 e. The van der Waals surface area contributed by atoms with Gasteiger partial charge in [-0.05, 0) is 60.2 Å². The summed E-state index contributed by atoms with van der Waals surface area (Å²) in [6.07, 6.45) is 34.6. The highest BCUT2D eigenvalue weighted by Crippen LogP contribution is 2.38. The second-order valence-corrected chi connectivity index (χ2v) is 15.8. The number of unbranched alkanes of at least 4 members (excludes halogenated alkanes) is 6. The van der Waals surface area contributed by atoms with E-state index < -0.39 is 0 Å². The Hall–Kier alpha value is 0. The highest BCUT2D eigenvalue weighted by atomic mass is 14.3. The zero-order chi connectivity index (χ0) is 31.6. The van der Waals surface area contributed by atoms with Crippen molar-refractivity contribution in [1.82, 2.24) is 0 Å². The summed E-state index contributed by atoms with van der Waals surface area (Å²) in [5.41, 5.74) is 0. The number of hydrogen-bond acceptors (Lipinski definition) is 0. The lowest BCUT2D eigenvalue weighted by Crippen LogP contribution is -2.24. The van der Waals surface area contributed by atoms with Gasteiger partial charge in [0.05, 0.1) is 0 Å². The monoisotopic (exact) mass is 591 g/mol. The zero-order valence-corrected chi connectivity index (χ0v) is 31.6. The Morgan fingerprint density at radius 2 is 0.881 bits per heavy atom. The molecule has 0 rings (SSSR count). The Bertz CT molecular complexity index is 534. The molecule has 0 amide bonds. The van der Waals surface area contributed by atoms with Crippen LogP contribution in [-0.2, 0) is 0 Å². The van der Waals surface area contributed by atoms with E-state index in [1.54, 1.807) is 0 Å². The van der Waals surface area contributed by atoms with Gasteiger partial charge in [0.1, 0.15) is 0 Å². The van der Waals surface area contributed by atoms with Crippen LogP contribution in [0.3, 0.4) is 0 Å². The molecule has 0 nitrogen and oxygen atoms in total. The molecule has 0 saturated carbocycles. The molecule has 7 atom stereocenters. The molecule has 0 aliphatic rings. The van der Waals surface area contributed by atoms with Crippen LogP contribution in [0.15, 0.2) is 0 Å². The van der Waals surface area contributed by atoms with Crippen LogP contribution in [0.2, 0.25) is 0 Å². The minimum atomic E-state index is 0.867. The Morgan fingerprint density at radius 3 is 1.45 bits per heavy atom. The number of hydrogen-bond donors (Lipinski definition) is 0. The second-order valence-electron chi connectivity index (χ2n) is 15.8. The van der Waals surface area contributed by atoms with Gasteiger partial charge in [-0.15, -0.1) is 0 Å². The Kier molecular flexibility index (Phi) is 28.5. The quantitative estimate of drug-likeness (QED) is 0.0704. The topological polar surface area (TPSA) is 0 Å². The molecule has 0 aliphatic carbocycles. The molecule has 0 fully saturated rings. The molecule has 0 N–H and O–H groups in total. The second kappa shape index (κ2) is 28.5. The normalized spacial score (nSPS) is 17.2. The molecule has 0 aliphatic heterocycles. The maximum Gasteiger partial charge on any atom is -0.0363 e. The van der Waals surface area contributed by atoms with Gasteiger partial charge in [0.2, 0.25) is 0 Å². The molecule has 0 aromatic heterocycles. The maximum atomic E-state index is 2.67. The van der Waals surface area contributed by atoms with Gasteiger partial charge in [0, 0.05) is 0 Å². The van der Waals surface area contributed by atoms with Gasteiger partial charge >= 0.3 is 0 Å². The van der Waals surface area contributed by atoms with Gasteiger partial charge in [-0.1, -0.05) is 210 Å². The predicted octanol–water partition coefficient (Wildman–Crippen LogP) is 15.5. The third kappa shape index (κ3) is 21.7. The molecule has 7 unspecified atom stereocenters. The minimum absolute atomic E-state index is 0.867. The standard InChI is InChI=1S/C42H86/c1-11-16-19-20-26-39(15-5)31-29-37(9)42(34-33-41(28-18-13-3)36(8)25-17-12-2)38(10)30-32-40(23-14-4)27-22-21-24-35(6)7/h35-42H,11-34H2,1-10H3. The maximum absolute atomic E-state index is 2.67. The van der Waals surface area contributed by atoms with Crippen LogP contribution in [0, 0.1) is 47.3 Å². The van der Waals surface area contributed by atoms with Crippen molar-refractivity contribution in [2.45, 2.75) is 223 Å². The van der Waals surface area contributed by atoms with Crippen molar-refractivity contribution < 1.29 is 0 Å². The summed E-state index contributed by atoms with van der Waals surface area (Å²) in [5, 5.41) is 0. The van der Waals surface area contributed by atoms with Crippen LogP contribution >= 0.6 is 0 Å². The van der Waals surface area contributed by atoms with Crippen LogP contribution in [0.5, 0.6) is 0 Å². The lowest BCUT2D eigenvalue weighted by Gasteiger charge is -2.34. The van der Waals surface area contributed by atoms with Crippen LogP contribution in [0.4, 0.5) is 0 Å². The molecule has 254 valence electrons. The van der Waals surface area contributed by atoms with Gasteiger partial charge in [0.25, 0.3) is 0 Å². The van der Waals surface area contributed by atoms with Crippen LogP contribution in [-0.4, -0.2) is 0 Å². The molecule has 0 bridgehead atoms. The predicted molar refractivity (Wildman–Crippen MR) is 195 cm³/mol.